The third-order valence-electron chi connectivity index (χ3n) is 1.98. The average Bonchev–Trinajstić information content (AvgIpc) is 2.56. The van der Waals surface area contributed by atoms with Crippen LogP contribution in [0.15, 0.2) is 0 Å². The number of carbonyl (C=O) groups excluding carboxylic acids is 1. The third-order valence-corrected chi connectivity index (χ3v) is 2.59. The Hall–Kier alpha value is -0.380. The molecular weight excluding hydrogens is 172 g/mol. The maximum Gasteiger partial charge on any atom is 0.317 e. The SMILES string of the molecule is CSCCNC(=O)N1CCCC1. The summed E-state index contributed by atoms with van der Waals surface area (Å²) in [5.74, 6) is 1.000. The van der Waals surface area contributed by atoms with Crippen LogP contribution in [0.5, 0.6) is 0 Å². The number of carbonyl (C=O) groups is 1. The van der Waals surface area contributed by atoms with Crippen LogP contribution in [0.25, 0.3) is 0 Å². The van der Waals surface area contributed by atoms with E-state index in [1.54, 1.807) is 11.8 Å². The van der Waals surface area contributed by atoms with Gasteiger partial charge in [-0.3, -0.25) is 0 Å². The highest BCUT2D eigenvalue weighted by molar-refractivity contribution is 7.98. The second kappa shape index (κ2) is 5.30. The minimum absolute atomic E-state index is 0.113. The Labute approximate surface area is 77.9 Å². The van der Waals surface area contributed by atoms with Gasteiger partial charge in [-0.1, -0.05) is 0 Å². The monoisotopic (exact) mass is 188 g/mol. The van der Waals surface area contributed by atoms with Crippen molar-refractivity contribution in [2.24, 2.45) is 0 Å². The zero-order valence-corrected chi connectivity index (χ0v) is 8.32. The van der Waals surface area contributed by atoms with Gasteiger partial charge in [0.25, 0.3) is 0 Å². The van der Waals surface area contributed by atoms with Crippen molar-refractivity contribution >= 4 is 17.8 Å². The van der Waals surface area contributed by atoms with Gasteiger partial charge in [0.1, 0.15) is 0 Å². The Bertz CT molecular complexity index is 146. The molecular formula is C8H16N2OS. The van der Waals surface area contributed by atoms with E-state index < -0.39 is 0 Å². The van der Waals surface area contributed by atoms with Gasteiger partial charge in [0.15, 0.2) is 0 Å². The highest BCUT2D eigenvalue weighted by atomic mass is 32.2. The molecule has 4 heteroatoms. The van der Waals surface area contributed by atoms with Gasteiger partial charge in [-0.25, -0.2) is 4.79 Å². The van der Waals surface area contributed by atoms with Crippen LogP contribution >= 0.6 is 11.8 Å². The number of nitrogens with zero attached hydrogens (tertiary/aromatic N) is 1. The van der Waals surface area contributed by atoms with Crippen LogP contribution in [0.3, 0.4) is 0 Å². The minimum Gasteiger partial charge on any atom is -0.337 e. The van der Waals surface area contributed by atoms with Crippen molar-refractivity contribution in [1.82, 2.24) is 10.2 Å². The summed E-state index contributed by atoms with van der Waals surface area (Å²) in [6.45, 7) is 2.66. The fourth-order valence-corrected chi connectivity index (χ4v) is 1.60. The van der Waals surface area contributed by atoms with Gasteiger partial charge in [0, 0.05) is 25.4 Å². The van der Waals surface area contributed by atoms with Crippen LogP contribution in [0.1, 0.15) is 12.8 Å². The van der Waals surface area contributed by atoms with E-state index >= 15 is 0 Å². The summed E-state index contributed by atoms with van der Waals surface area (Å²) in [5.41, 5.74) is 0. The summed E-state index contributed by atoms with van der Waals surface area (Å²) in [6, 6.07) is 0.113. The van der Waals surface area contributed by atoms with Crippen molar-refractivity contribution in [2.75, 3.05) is 31.6 Å². The van der Waals surface area contributed by atoms with E-state index in [2.05, 4.69) is 5.32 Å². The number of hydrogen-bond acceptors (Lipinski definition) is 2. The lowest BCUT2D eigenvalue weighted by atomic mass is 10.4. The number of thioether (sulfide) groups is 1. The Morgan fingerprint density at radius 1 is 1.50 bits per heavy atom. The maximum absolute atomic E-state index is 11.3. The van der Waals surface area contributed by atoms with Gasteiger partial charge in [-0.05, 0) is 19.1 Å². The van der Waals surface area contributed by atoms with E-state index in [1.807, 2.05) is 11.2 Å². The first-order chi connectivity index (χ1) is 5.84. The maximum atomic E-state index is 11.3. The Morgan fingerprint density at radius 3 is 2.75 bits per heavy atom. The fourth-order valence-electron chi connectivity index (χ4n) is 1.29. The highest BCUT2D eigenvalue weighted by Gasteiger charge is 2.16. The quantitative estimate of drug-likeness (QED) is 0.674. The summed E-state index contributed by atoms with van der Waals surface area (Å²) in [7, 11) is 0. The number of likely N-dealkylation sites (tertiary alicyclic amines) is 1. The molecule has 0 radical (unpaired) electrons. The normalized spacial score (nSPS) is 16.6. The zero-order chi connectivity index (χ0) is 8.81. The highest BCUT2D eigenvalue weighted by Crippen LogP contribution is 2.06. The molecule has 0 unspecified atom stereocenters. The van der Waals surface area contributed by atoms with Gasteiger partial charge in [-0.15, -0.1) is 0 Å². The van der Waals surface area contributed by atoms with Crippen molar-refractivity contribution in [3.8, 4) is 0 Å². The molecule has 0 spiro atoms. The Balaban J connectivity index is 2.10. The molecule has 0 aromatic heterocycles. The number of urea groups is 1. The number of amides is 2. The van der Waals surface area contributed by atoms with Crippen LogP contribution in [0.4, 0.5) is 4.79 Å². The van der Waals surface area contributed by atoms with Gasteiger partial charge in [0.2, 0.25) is 0 Å². The predicted molar refractivity (Wildman–Crippen MR) is 52.6 cm³/mol. The summed E-state index contributed by atoms with van der Waals surface area (Å²) in [5, 5.41) is 2.89. The van der Waals surface area contributed by atoms with E-state index in [0.29, 0.717) is 0 Å². The predicted octanol–water partition coefficient (Wildman–Crippen LogP) is 1.15. The average molecular weight is 188 g/mol. The van der Waals surface area contributed by atoms with Crippen molar-refractivity contribution in [2.45, 2.75) is 12.8 Å². The number of nitrogens with one attached hydrogen (secondary N) is 1. The number of rotatable bonds is 3. The second-order valence-electron chi connectivity index (χ2n) is 2.92. The van der Waals surface area contributed by atoms with Crippen LogP contribution < -0.4 is 5.32 Å². The summed E-state index contributed by atoms with van der Waals surface area (Å²) >= 11 is 1.75. The standard InChI is InChI=1S/C8H16N2OS/c1-12-7-4-9-8(11)10-5-2-3-6-10/h2-7H2,1H3,(H,9,11). The summed E-state index contributed by atoms with van der Waals surface area (Å²) in [4.78, 5) is 13.2. The molecule has 1 N–H and O–H groups in total. The van der Waals surface area contributed by atoms with Crippen molar-refractivity contribution < 1.29 is 4.79 Å². The molecule has 3 nitrogen and oxygen atoms in total. The molecule has 0 saturated carbocycles. The Kier molecular flexibility index (Phi) is 4.29. The lowest BCUT2D eigenvalue weighted by Gasteiger charge is -2.15. The molecule has 1 fully saturated rings. The first-order valence-corrected chi connectivity index (χ1v) is 5.75. The molecule has 1 rings (SSSR count). The molecule has 1 aliphatic rings. The topological polar surface area (TPSA) is 32.3 Å². The molecule has 0 aromatic carbocycles. The molecule has 2 amide bonds. The molecule has 1 aliphatic heterocycles. The summed E-state index contributed by atoms with van der Waals surface area (Å²) in [6.07, 6.45) is 4.37. The number of hydrogen-bond donors (Lipinski definition) is 1. The molecule has 0 bridgehead atoms. The molecule has 1 heterocycles. The van der Waals surface area contributed by atoms with E-state index in [4.69, 9.17) is 0 Å². The van der Waals surface area contributed by atoms with Crippen molar-refractivity contribution in [3.63, 3.8) is 0 Å². The molecule has 1 saturated heterocycles. The van der Waals surface area contributed by atoms with E-state index in [0.717, 1.165) is 38.2 Å². The largest absolute Gasteiger partial charge is 0.337 e. The van der Waals surface area contributed by atoms with Gasteiger partial charge in [0.05, 0.1) is 0 Å². The van der Waals surface area contributed by atoms with Crippen LogP contribution in [0.2, 0.25) is 0 Å². The van der Waals surface area contributed by atoms with E-state index in [1.165, 1.54) is 0 Å². The molecule has 0 aliphatic carbocycles. The zero-order valence-electron chi connectivity index (χ0n) is 7.51. The van der Waals surface area contributed by atoms with E-state index in [-0.39, 0.29) is 6.03 Å². The van der Waals surface area contributed by atoms with Gasteiger partial charge in [-0.2, -0.15) is 11.8 Å². The lowest BCUT2D eigenvalue weighted by Crippen LogP contribution is -2.38. The second-order valence-corrected chi connectivity index (χ2v) is 3.90. The van der Waals surface area contributed by atoms with Crippen molar-refractivity contribution in [3.05, 3.63) is 0 Å². The molecule has 0 atom stereocenters. The smallest absolute Gasteiger partial charge is 0.317 e. The fraction of sp³-hybridized carbons (Fsp3) is 0.875. The molecule has 12 heavy (non-hydrogen) atoms. The van der Waals surface area contributed by atoms with Gasteiger partial charge >= 0.3 is 6.03 Å². The van der Waals surface area contributed by atoms with Crippen molar-refractivity contribution in [1.29, 1.82) is 0 Å². The van der Waals surface area contributed by atoms with Crippen LogP contribution in [-0.4, -0.2) is 42.6 Å². The van der Waals surface area contributed by atoms with Gasteiger partial charge < -0.3 is 10.2 Å². The molecule has 0 aromatic rings. The van der Waals surface area contributed by atoms with Crippen LogP contribution in [-0.2, 0) is 0 Å². The summed E-state index contributed by atoms with van der Waals surface area (Å²) < 4.78 is 0. The minimum atomic E-state index is 0.113. The van der Waals surface area contributed by atoms with E-state index in [9.17, 15) is 4.79 Å². The third kappa shape index (κ3) is 2.93. The first kappa shape index (κ1) is 9.71. The molecule has 70 valence electrons. The Morgan fingerprint density at radius 2 is 2.17 bits per heavy atom. The lowest BCUT2D eigenvalue weighted by molar-refractivity contribution is 0.209. The van der Waals surface area contributed by atoms with Crippen LogP contribution in [0, 0.1) is 0 Å². The first-order valence-electron chi connectivity index (χ1n) is 4.36.